The Bertz CT molecular complexity index is 1110. The Morgan fingerprint density at radius 1 is 1.06 bits per heavy atom. The fourth-order valence-corrected chi connectivity index (χ4v) is 4.84. The first-order chi connectivity index (χ1) is 15.4. The Hall–Kier alpha value is -3.65. The number of hydrogen-bond donors (Lipinski definition) is 2. The molecule has 0 unspecified atom stereocenters. The molecule has 3 aliphatic heterocycles. The van der Waals surface area contributed by atoms with Crippen LogP contribution >= 0.6 is 0 Å². The zero-order chi connectivity index (χ0) is 22.5. The highest BCUT2D eigenvalue weighted by Crippen LogP contribution is 2.52. The van der Waals surface area contributed by atoms with Crippen molar-refractivity contribution < 1.29 is 23.9 Å². The van der Waals surface area contributed by atoms with Gasteiger partial charge < -0.3 is 25.0 Å². The van der Waals surface area contributed by atoms with E-state index in [1.54, 1.807) is 60.5 Å². The lowest BCUT2D eigenvalue weighted by atomic mass is 9.77. The molecule has 0 saturated carbocycles. The van der Waals surface area contributed by atoms with Crippen LogP contribution in [0.25, 0.3) is 0 Å². The lowest BCUT2D eigenvalue weighted by Crippen LogP contribution is -2.41. The lowest BCUT2D eigenvalue weighted by molar-refractivity contribution is -0.128. The van der Waals surface area contributed by atoms with Gasteiger partial charge in [-0.1, -0.05) is 12.2 Å². The molecular formula is C24H23N3O5. The van der Waals surface area contributed by atoms with Crippen molar-refractivity contribution in [3.63, 3.8) is 0 Å². The van der Waals surface area contributed by atoms with E-state index in [0.717, 1.165) is 0 Å². The van der Waals surface area contributed by atoms with Crippen LogP contribution in [0, 0.1) is 11.8 Å². The molecule has 32 heavy (non-hydrogen) atoms. The van der Waals surface area contributed by atoms with Crippen LogP contribution in [0.1, 0.15) is 6.92 Å². The van der Waals surface area contributed by atoms with Crippen LogP contribution in [0.15, 0.2) is 60.7 Å². The molecular weight excluding hydrogens is 410 g/mol. The number of carbonyl (C=O) groups is 3. The number of carbonyl (C=O) groups excluding carboxylic acids is 3. The first-order valence-electron chi connectivity index (χ1n) is 10.4. The second-order valence-electron chi connectivity index (χ2n) is 8.27. The van der Waals surface area contributed by atoms with Gasteiger partial charge in [0.25, 0.3) is 0 Å². The van der Waals surface area contributed by atoms with E-state index in [4.69, 9.17) is 9.47 Å². The summed E-state index contributed by atoms with van der Waals surface area (Å²) in [5, 5.41) is 5.62. The van der Waals surface area contributed by atoms with Gasteiger partial charge in [0, 0.05) is 24.0 Å². The number of hydrogen-bond acceptors (Lipinski definition) is 5. The standard InChI is InChI=1S/C24H23N3O5/c1-14(28)25-15-3-7-17(8-4-15)27-13-24-12-11-19(32-24)20(21(24)23(27)30)22(29)26-16-5-9-18(31-2)10-6-16/h3-12,19-21H,13H2,1-2H3,(H,25,28)(H,26,29)/t19-,20+,21+,24+/m1/s1. The summed E-state index contributed by atoms with van der Waals surface area (Å²) in [6.07, 6.45) is 3.38. The quantitative estimate of drug-likeness (QED) is 0.707. The fourth-order valence-electron chi connectivity index (χ4n) is 4.84. The Balaban J connectivity index is 1.36. The van der Waals surface area contributed by atoms with Crippen LogP contribution in [-0.4, -0.2) is 43.1 Å². The topological polar surface area (TPSA) is 97.0 Å². The summed E-state index contributed by atoms with van der Waals surface area (Å²) in [4.78, 5) is 39.5. The van der Waals surface area contributed by atoms with Crippen LogP contribution in [-0.2, 0) is 19.1 Å². The van der Waals surface area contributed by atoms with Gasteiger partial charge in [-0.15, -0.1) is 0 Å². The van der Waals surface area contributed by atoms with Gasteiger partial charge in [-0.05, 0) is 48.5 Å². The van der Waals surface area contributed by atoms with E-state index in [2.05, 4.69) is 10.6 Å². The molecule has 1 spiro atoms. The first kappa shape index (κ1) is 20.3. The van der Waals surface area contributed by atoms with Crippen LogP contribution in [0.5, 0.6) is 5.75 Å². The average molecular weight is 433 g/mol. The molecule has 3 heterocycles. The largest absolute Gasteiger partial charge is 0.497 e. The first-order valence-corrected chi connectivity index (χ1v) is 10.4. The van der Waals surface area contributed by atoms with Crippen molar-refractivity contribution in [3.05, 3.63) is 60.7 Å². The predicted molar refractivity (Wildman–Crippen MR) is 118 cm³/mol. The van der Waals surface area contributed by atoms with E-state index in [0.29, 0.717) is 29.4 Å². The number of nitrogens with zero attached hydrogens (tertiary/aromatic N) is 1. The Kier molecular flexibility index (Phi) is 4.74. The molecule has 5 rings (SSSR count). The van der Waals surface area contributed by atoms with Crippen LogP contribution in [0.2, 0.25) is 0 Å². The van der Waals surface area contributed by atoms with Gasteiger partial charge >= 0.3 is 0 Å². The summed E-state index contributed by atoms with van der Waals surface area (Å²) in [6, 6.07) is 14.1. The Labute approximate surface area is 185 Å². The fraction of sp³-hybridized carbons (Fsp3) is 0.292. The number of amides is 3. The number of nitrogens with one attached hydrogen (secondary N) is 2. The van der Waals surface area contributed by atoms with Gasteiger partial charge in [0.05, 0.1) is 31.6 Å². The molecule has 8 heteroatoms. The predicted octanol–water partition coefficient (Wildman–Crippen LogP) is 2.58. The van der Waals surface area contributed by atoms with E-state index in [1.165, 1.54) is 6.92 Å². The monoisotopic (exact) mass is 433 g/mol. The third-order valence-corrected chi connectivity index (χ3v) is 6.26. The summed E-state index contributed by atoms with van der Waals surface area (Å²) in [5.41, 5.74) is 1.18. The molecule has 0 aromatic heterocycles. The number of fused-ring (bicyclic) bond motifs is 1. The van der Waals surface area contributed by atoms with Crippen molar-refractivity contribution in [1.29, 1.82) is 0 Å². The summed E-state index contributed by atoms with van der Waals surface area (Å²) < 4.78 is 11.3. The highest BCUT2D eigenvalue weighted by atomic mass is 16.5. The maximum absolute atomic E-state index is 13.4. The molecule has 2 aromatic rings. The van der Waals surface area contributed by atoms with E-state index in [1.807, 2.05) is 12.2 Å². The molecule has 164 valence electrons. The second kappa shape index (κ2) is 7.49. The Morgan fingerprint density at radius 2 is 1.72 bits per heavy atom. The highest BCUT2D eigenvalue weighted by Gasteiger charge is 2.67. The van der Waals surface area contributed by atoms with Gasteiger partial charge in [0.15, 0.2) is 0 Å². The van der Waals surface area contributed by atoms with Crippen LogP contribution in [0.4, 0.5) is 17.1 Å². The summed E-state index contributed by atoms with van der Waals surface area (Å²) >= 11 is 0. The maximum atomic E-state index is 13.4. The van der Waals surface area contributed by atoms with Crippen molar-refractivity contribution in [3.8, 4) is 5.75 Å². The summed E-state index contributed by atoms with van der Waals surface area (Å²) in [6.45, 7) is 1.78. The smallest absolute Gasteiger partial charge is 0.234 e. The minimum Gasteiger partial charge on any atom is -0.497 e. The normalized spacial score (nSPS) is 27.4. The molecule has 3 aliphatic rings. The molecule has 4 atom stereocenters. The van der Waals surface area contributed by atoms with Gasteiger partial charge in [0.2, 0.25) is 17.7 Å². The SMILES string of the molecule is COc1ccc(NC(=O)[C@@H]2[C@H]3C(=O)N(c4ccc(NC(C)=O)cc4)C[C@@]34C=C[C@H]2O4)cc1. The van der Waals surface area contributed by atoms with Crippen LogP contribution < -0.4 is 20.3 Å². The van der Waals surface area contributed by atoms with E-state index in [-0.39, 0.29) is 17.7 Å². The third-order valence-electron chi connectivity index (χ3n) is 6.26. The number of benzene rings is 2. The molecule has 2 bridgehead atoms. The molecule has 2 fully saturated rings. The van der Waals surface area contributed by atoms with Crippen molar-refractivity contribution >= 4 is 34.8 Å². The van der Waals surface area contributed by atoms with Gasteiger partial charge in [-0.25, -0.2) is 0 Å². The molecule has 0 radical (unpaired) electrons. The van der Waals surface area contributed by atoms with E-state index in [9.17, 15) is 14.4 Å². The molecule has 8 nitrogen and oxygen atoms in total. The van der Waals surface area contributed by atoms with Gasteiger partial charge in [0.1, 0.15) is 11.4 Å². The van der Waals surface area contributed by atoms with E-state index < -0.39 is 23.5 Å². The average Bonchev–Trinajstić information content (AvgIpc) is 3.43. The van der Waals surface area contributed by atoms with Gasteiger partial charge in [-0.3, -0.25) is 14.4 Å². The zero-order valence-electron chi connectivity index (χ0n) is 17.7. The van der Waals surface area contributed by atoms with E-state index >= 15 is 0 Å². The second-order valence-corrected chi connectivity index (χ2v) is 8.27. The van der Waals surface area contributed by atoms with Crippen LogP contribution in [0.3, 0.4) is 0 Å². The minimum atomic E-state index is -0.806. The number of anilines is 3. The number of ether oxygens (including phenoxy) is 2. The molecule has 2 aromatic carbocycles. The summed E-state index contributed by atoms with van der Waals surface area (Å²) in [5.74, 6) is -1.06. The lowest BCUT2D eigenvalue weighted by Gasteiger charge is -2.23. The third kappa shape index (κ3) is 3.23. The maximum Gasteiger partial charge on any atom is 0.234 e. The Morgan fingerprint density at radius 3 is 2.38 bits per heavy atom. The molecule has 2 saturated heterocycles. The van der Waals surface area contributed by atoms with Crippen molar-refractivity contribution in [1.82, 2.24) is 0 Å². The van der Waals surface area contributed by atoms with Gasteiger partial charge in [-0.2, -0.15) is 0 Å². The molecule has 2 N–H and O–H groups in total. The number of rotatable bonds is 5. The zero-order valence-corrected chi connectivity index (χ0v) is 17.7. The van der Waals surface area contributed by atoms with Crippen molar-refractivity contribution in [2.45, 2.75) is 18.6 Å². The minimum absolute atomic E-state index is 0.140. The highest BCUT2D eigenvalue weighted by molar-refractivity contribution is 6.05. The molecule has 0 aliphatic carbocycles. The van der Waals surface area contributed by atoms with Crippen molar-refractivity contribution in [2.24, 2.45) is 11.8 Å². The summed E-state index contributed by atoms with van der Waals surface area (Å²) in [7, 11) is 1.58. The molecule has 3 amide bonds. The number of methoxy groups -OCH3 is 1. The van der Waals surface area contributed by atoms with Crippen molar-refractivity contribution in [2.75, 3.05) is 29.2 Å².